The Balaban J connectivity index is 0.000000144. The van der Waals surface area contributed by atoms with Crippen molar-refractivity contribution < 1.29 is 19.1 Å². The van der Waals surface area contributed by atoms with Crippen LogP contribution in [0.3, 0.4) is 0 Å². The van der Waals surface area contributed by atoms with Crippen LogP contribution in [0.1, 0.15) is 54.8 Å². The second kappa shape index (κ2) is 38.3. The Labute approximate surface area is 683 Å². The van der Waals surface area contributed by atoms with Crippen molar-refractivity contribution in [3.05, 3.63) is 444 Å². The molecule has 0 aliphatic carbocycles. The number of ether oxygens (including phenoxy) is 2. The summed E-state index contributed by atoms with van der Waals surface area (Å²) in [7, 11) is -0.656. The zero-order chi connectivity index (χ0) is 77.0. The maximum absolute atomic E-state index is 12.5. The first-order chi connectivity index (χ1) is 54.9. The zero-order valence-electron chi connectivity index (χ0n) is 62.7. The predicted molar refractivity (Wildman–Crippen MR) is 470 cm³/mol. The van der Waals surface area contributed by atoms with Gasteiger partial charge >= 0.3 is 0 Å². The molecule has 0 aliphatic rings. The van der Waals surface area contributed by atoms with Crippen LogP contribution >= 0.6 is 34.9 Å². The maximum atomic E-state index is 12.5. The molecular formula is C101H82O4S7+4. The van der Waals surface area contributed by atoms with Gasteiger partial charge in [-0.1, -0.05) is 175 Å². The Morgan fingerprint density at radius 1 is 0.268 bits per heavy atom. The Bertz CT molecular complexity index is 5400. The molecule has 16 rings (SSSR count). The van der Waals surface area contributed by atoms with Crippen LogP contribution in [0.15, 0.2) is 484 Å². The number of rotatable bonds is 23. The van der Waals surface area contributed by atoms with E-state index in [4.69, 9.17) is 9.47 Å². The minimum atomic E-state index is -0.195. The molecule has 0 aliphatic heterocycles. The van der Waals surface area contributed by atoms with E-state index in [0.29, 0.717) is 16.9 Å². The summed E-state index contributed by atoms with van der Waals surface area (Å²) in [6, 6.07) is 140. The number of aryl methyl sites for hydroxylation is 4. The molecule has 0 fully saturated rings. The predicted octanol–water partition coefficient (Wildman–Crippen LogP) is 28.1. The molecule has 4 nitrogen and oxygen atoms in total. The van der Waals surface area contributed by atoms with Gasteiger partial charge in [0.15, 0.2) is 64.5 Å². The molecule has 1 heterocycles. The lowest BCUT2D eigenvalue weighted by molar-refractivity contribution is 0.101. The summed E-state index contributed by atoms with van der Waals surface area (Å²) < 4.78 is 12.3. The number of hydrogen-bond acceptors (Lipinski definition) is 7. The summed E-state index contributed by atoms with van der Waals surface area (Å²) in [5, 5.41) is 1.91. The molecule has 0 saturated carbocycles. The summed E-state index contributed by atoms with van der Waals surface area (Å²) in [6.45, 7) is 10.2. The fourth-order valence-corrected chi connectivity index (χ4v) is 23.8. The number of carbonyl (C=O) groups excluding carboxylic acids is 2. The number of benzene rings is 15. The summed E-state index contributed by atoms with van der Waals surface area (Å²) in [6.07, 6.45) is 0. The summed E-state index contributed by atoms with van der Waals surface area (Å²) in [5.74, 6) is 3.15. The standard InChI is InChI=1S/C44H36S4.C30H23O2S2.C27H23O2S/c1-33-31-41(47(37-15-7-3-8-16-37)38-17-9-4-10-18-38)27-29-43(33)45-35-23-25-36(26-24-35)46-44-30-28-42(32-34(44)2)48(39-19-11-5-12-20-39)40-21-13-6-14-22-40;1-22-21-27(34(25-9-4-2-5-10-25)26-11-6-3-7-12-26)18-19-28(22)32-24-16-14-23(15-17-24)30(31)29-13-8-20-33-29;1-20-19-26(17-18-27(20)29-23-15-13-22(14-16-23)21(2)28)30(24-9-5-3-6-10-24)25-11-7-4-8-12-25/h3-32H,1-2H3;2-21H,1H3;3-19H,1-2H3/q+2;2*+1. The van der Waals surface area contributed by atoms with Crippen molar-refractivity contribution in [3.63, 3.8) is 0 Å². The Hall–Kier alpha value is -11.0. The smallest absolute Gasteiger partial charge is 0.202 e. The van der Waals surface area contributed by atoms with Crippen LogP contribution < -0.4 is 9.47 Å². The lowest BCUT2D eigenvalue weighted by Crippen LogP contribution is -2.05. The van der Waals surface area contributed by atoms with Crippen molar-refractivity contribution in [2.45, 2.75) is 113 Å². The minimum Gasteiger partial charge on any atom is -0.457 e. The van der Waals surface area contributed by atoms with E-state index in [1.165, 1.54) is 101 Å². The monoisotopic (exact) mass is 1580 g/mol. The van der Waals surface area contributed by atoms with Gasteiger partial charge in [-0.05, 0) is 299 Å². The van der Waals surface area contributed by atoms with Crippen LogP contribution in [-0.4, -0.2) is 11.6 Å². The molecule has 15 aromatic carbocycles. The van der Waals surface area contributed by atoms with Gasteiger partial charge in [-0.2, -0.15) is 0 Å². The topological polar surface area (TPSA) is 52.6 Å². The van der Waals surface area contributed by atoms with Crippen LogP contribution in [0.4, 0.5) is 0 Å². The van der Waals surface area contributed by atoms with Gasteiger partial charge < -0.3 is 9.47 Å². The number of carbonyl (C=O) groups is 2. The van der Waals surface area contributed by atoms with Crippen molar-refractivity contribution in [1.82, 2.24) is 0 Å². The molecule has 112 heavy (non-hydrogen) atoms. The normalized spacial score (nSPS) is 11.0. The van der Waals surface area contributed by atoms with Crippen molar-refractivity contribution >= 4 is 90.0 Å². The molecule has 0 radical (unpaired) electrons. The largest absolute Gasteiger partial charge is 0.457 e. The van der Waals surface area contributed by atoms with Crippen LogP contribution in [0, 0.1) is 27.7 Å². The van der Waals surface area contributed by atoms with E-state index in [0.717, 1.165) is 33.3 Å². The molecule has 16 aromatic rings. The molecule has 0 bridgehead atoms. The third-order valence-electron chi connectivity index (χ3n) is 18.2. The second-order valence-electron chi connectivity index (χ2n) is 26.2. The lowest BCUT2D eigenvalue weighted by Gasteiger charge is -2.12. The molecule has 0 N–H and O–H groups in total. The van der Waals surface area contributed by atoms with E-state index in [2.05, 4.69) is 355 Å². The van der Waals surface area contributed by atoms with Crippen LogP contribution in [-0.2, 0) is 43.6 Å². The van der Waals surface area contributed by atoms with Crippen molar-refractivity contribution in [3.8, 4) is 23.0 Å². The van der Waals surface area contributed by atoms with Gasteiger partial charge in [0.1, 0.15) is 23.0 Å². The summed E-state index contributed by atoms with van der Waals surface area (Å²) in [4.78, 5) is 45.6. The highest BCUT2D eigenvalue weighted by Crippen LogP contribution is 2.42. The Morgan fingerprint density at radius 2 is 0.536 bits per heavy atom. The van der Waals surface area contributed by atoms with Gasteiger partial charge in [0.25, 0.3) is 0 Å². The molecule has 0 unspecified atom stereocenters. The molecule has 0 amide bonds. The fraction of sp³-hybridized carbons (Fsp3) is 0.0495. The lowest BCUT2D eigenvalue weighted by atomic mass is 10.1. The number of Topliss-reactive ketones (excluding diaryl/α,β-unsaturated/α-hetero) is 1. The number of hydrogen-bond donors (Lipinski definition) is 0. The minimum absolute atomic E-state index is 0.0379. The second-order valence-corrected chi connectivity index (χ2v) is 37.5. The van der Waals surface area contributed by atoms with E-state index in [9.17, 15) is 9.59 Å². The van der Waals surface area contributed by atoms with Crippen molar-refractivity contribution in [2.24, 2.45) is 0 Å². The Kier molecular flexibility index (Phi) is 26.6. The molecule has 0 atom stereocenters. The molecule has 1 aromatic heterocycles. The zero-order valence-corrected chi connectivity index (χ0v) is 68.4. The third kappa shape index (κ3) is 20.0. The highest BCUT2D eigenvalue weighted by molar-refractivity contribution is 8.00. The van der Waals surface area contributed by atoms with E-state index >= 15 is 0 Å². The quantitative estimate of drug-likeness (QED) is 0.0470. The van der Waals surface area contributed by atoms with Gasteiger partial charge in [-0.25, -0.2) is 0 Å². The number of thiophene rings is 1. The third-order valence-corrected chi connectivity index (χ3v) is 30.3. The highest BCUT2D eigenvalue weighted by atomic mass is 32.2. The number of ketones is 2. The van der Waals surface area contributed by atoms with E-state index in [1.807, 2.05) is 89.6 Å². The van der Waals surface area contributed by atoms with Crippen LogP contribution in [0.5, 0.6) is 23.0 Å². The van der Waals surface area contributed by atoms with Gasteiger partial charge in [0.2, 0.25) is 5.78 Å². The molecule has 11 heteroatoms. The van der Waals surface area contributed by atoms with Crippen LogP contribution in [0.25, 0.3) is 0 Å². The van der Waals surface area contributed by atoms with E-state index in [1.54, 1.807) is 19.1 Å². The highest BCUT2D eigenvalue weighted by Gasteiger charge is 2.33. The first-order valence-corrected chi connectivity index (χ1v) is 44.2. The van der Waals surface area contributed by atoms with Gasteiger partial charge in [0, 0.05) is 42.8 Å². The van der Waals surface area contributed by atoms with Gasteiger partial charge in [-0.15, -0.1) is 11.3 Å². The van der Waals surface area contributed by atoms with Crippen LogP contribution in [0.2, 0.25) is 0 Å². The molecular weight excluding hydrogens is 1500 g/mol. The average Bonchev–Trinajstić information content (AvgIpc) is 0.951. The van der Waals surface area contributed by atoms with E-state index < -0.39 is 0 Å². The van der Waals surface area contributed by atoms with Gasteiger partial charge in [0.05, 0.1) is 48.5 Å². The van der Waals surface area contributed by atoms with Crippen molar-refractivity contribution in [2.75, 3.05) is 0 Å². The van der Waals surface area contributed by atoms with Crippen molar-refractivity contribution in [1.29, 1.82) is 0 Å². The summed E-state index contributed by atoms with van der Waals surface area (Å²) in [5.41, 5.74) is 6.11. The molecule has 548 valence electrons. The maximum Gasteiger partial charge on any atom is 0.202 e. The average molecular weight is 1580 g/mol. The molecule has 0 saturated heterocycles. The summed E-state index contributed by atoms with van der Waals surface area (Å²) >= 11 is 5.13. The fourth-order valence-electron chi connectivity index (χ4n) is 12.6. The van der Waals surface area contributed by atoms with E-state index in [-0.39, 0.29) is 55.1 Å². The SMILES string of the molecule is CC(=O)c1ccc(Oc2ccc([S+](c3ccccc3)c3ccccc3)cc2C)cc1.Cc1cc([S+](c2ccccc2)c2ccccc2)ccc1Oc1ccc(C(=O)c2cccs2)cc1.Cc1cc([S+](c2ccccc2)c2ccccc2)ccc1Sc1ccc(Sc2ccc([S+](c3ccccc3)c3ccccc3)cc2C)cc1. The first-order valence-electron chi connectivity index (χ1n) is 36.8. The Morgan fingerprint density at radius 3 is 0.786 bits per heavy atom. The van der Waals surface area contributed by atoms with Gasteiger partial charge in [-0.3, -0.25) is 9.59 Å². The molecule has 0 spiro atoms. The first kappa shape index (κ1) is 77.8.